The standard InChI is InChI=1S/C18H22N2O4/c1-13-4-6-14(7-5-13)18-20-15(10-24-18)9-19-17(21)12-22-11-16-3-2-8-23-16/h4-7,10,16H,2-3,8-9,11-12H2,1H3,(H,19,21)/t16-/m1/s1. The van der Waals surface area contributed by atoms with E-state index >= 15 is 0 Å². The number of aryl methyl sites for hydroxylation is 1. The third-order valence-corrected chi connectivity index (χ3v) is 3.88. The van der Waals surface area contributed by atoms with E-state index in [4.69, 9.17) is 13.9 Å². The minimum Gasteiger partial charge on any atom is -0.444 e. The number of carbonyl (C=O) groups excluding carboxylic acids is 1. The van der Waals surface area contributed by atoms with Crippen LogP contribution in [0.4, 0.5) is 0 Å². The van der Waals surface area contributed by atoms with Crippen molar-refractivity contribution in [2.75, 3.05) is 19.8 Å². The van der Waals surface area contributed by atoms with Crippen molar-refractivity contribution < 1.29 is 18.7 Å². The van der Waals surface area contributed by atoms with Gasteiger partial charge in [-0.3, -0.25) is 4.79 Å². The summed E-state index contributed by atoms with van der Waals surface area (Å²) < 4.78 is 16.3. The fourth-order valence-corrected chi connectivity index (χ4v) is 2.52. The van der Waals surface area contributed by atoms with E-state index in [-0.39, 0.29) is 18.6 Å². The zero-order chi connectivity index (χ0) is 16.8. The van der Waals surface area contributed by atoms with Crippen molar-refractivity contribution in [1.29, 1.82) is 0 Å². The first-order valence-electron chi connectivity index (χ1n) is 8.18. The Balaban J connectivity index is 1.41. The van der Waals surface area contributed by atoms with Crippen molar-refractivity contribution in [3.8, 4) is 11.5 Å². The summed E-state index contributed by atoms with van der Waals surface area (Å²) in [6.45, 7) is 3.63. The van der Waals surface area contributed by atoms with E-state index in [1.165, 1.54) is 5.56 Å². The molecule has 1 aliphatic rings. The van der Waals surface area contributed by atoms with Gasteiger partial charge in [-0.15, -0.1) is 0 Å². The second kappa shape index (κ2) is 8.08. The maximum absolute atomic E-state index is 11.8. The molecule has 1 aromatic heterocycles. The molecule has 2 aromatic rings. The largest absolute Gasteiger partial charge is 0.444 e. The molecule has 6 heteroatoms. The Bertz CT molecular complexity index is 660. The monoisotopic (exact) mass is 330 g/mol. The van der Waals surface area contributed by atoms with Crippen LogP contribution < -0.4 is 5.32 Å². The molecule has 1 aromatic carbocycles. The van der Waals surface area contributed by atoms with Crippen LogP contribution >= 0.6 is 0 Å². The van der Waals surface area contributed by atoms with Crippen molar-refractivity contribution in [2.45, 2.75) is 32.4 Å². The summed E-state index contributed by atoms with van der Waals surface area (Å²) in [5, 5.41) is 2.77. The van der Waals surface area contributed by atoms with Gasteiger partial charge in [0.1, 0.15) is 12.9 Å². The molecule has 0 unspecified atom stereocenters. The van der Waals surface area contributed by atoms with Gasteiger partial charge >= 0.3 is 0 Å². The zero-order valence-electron chi connectivity index (χ0n) is 13.8. The van der Waals surface area contributed by atoms with Gasteiger partial charge in [0.2, 0.25) is 11.8 Å². The van der Waals surface area contributed by atoms with E-state index in [2.05, 4.69) is 10.3 Å². The topological polar surface area (TPSA) is 73.6 Å². The fourth-order valence-electron chi connectivity index (χ4n) is 2.52. The first kappa shape index (κ1) is 16.7. The van der Waals surface area contributed by atoms with Gasteiger partial charge in [-0.2, -0.15) is 0 Å². The van der Waals surface area contributed by atoms with Crippen LogP contribution in [0.3, 0.4) is 0 Å². The van der Waals surface area contributed by atoms with Crippen LogP contribution in [0.25, 0.3) is 11.5 Å². The van der Waals surface area contributed by atoms with Crippen LogP contribution in [0.15, 0.2) is 34.9 Å². The van der Waals surface area contributed by atoms with Gasteiger partial charge in [-0.25, -0.2) is 4.98 Å². The highest BCUT2D eigenvalue weighted by Crippen LogP contribution is 2.19. The lowest BCUT2D eigenvalue weighted by Crippen LogP contribution is -2.28. The van der Waals surface area contributed by atoms with E-state index in [9.17, 15) is 4.79 Å². The number of carbonyl (C=O) groups is 1. The summed E-state index contributed by atoms with van der Waals surface area (Å²) in [5.41, 5.74) is 2.77. The number of nitrogens with zero attached hydrogens (tertiary/aromatic N) is 1. The number of aromatic nitrogens is 1. The van der Waals surface area contributed by atoms with Gasteiger partial charge in [0.25, 0.3) is 0 Å². The Hall–Kier alpha value is -2.18. The molecule has 1 aliphatic heterocycles. The van der Waals surface area contributed by atoms with Gasteiger partial charge < -0.3 is 19.2 Å². The van der Waals surface area contributed by atoms with E-state index in [0.717, 1.165) is 25.0 Å². The number of oxazole rings is 1. The van der Waals surface area contributed by atoms with Gasteiger partial charge in [0.05, 0.1) is 24.9 Å². The highest BCUT2D eigenvalue weighted by Gasteiger charge is 2.16. The maximum atomic E-state index is 11.8. The minimum atomic E-state index is -0.173. The van der Waals surface area contributed by atoms with Crippen LogP contribution in [-0.4, -0.2) is 36.8 Å². The number of hydrogen-bond acceptors (Lipinski definition) is 5. The van der Waals surface area contributed by atoms with Gasteiger partial charge in [0, 0.05) is 12.2 Å². The Morgan fingerprint density at radius 2 is 2.21 bits per heavy atom. The lowest BCUT2D eigenvalue weighted by Gasteiger charge is -2.09. The molecule has 1 atom stereocenters. The number of hydrogen-bond donors (Lipinski definition) is 1. The predicted octanol–water partition coefficient (Wildman–Crippen LogP) is 2.46. The van der Waals surface area contributed by atoms with E-state index in [1.807, 2.05) is 31.2 Å². The van der Waals surface area contributed by atoms with Crippen LogP contribution in [-0.2, 0) is 20.8 Å². The summed E-state index contributed by atoms with van der Waals surface area (Å²) in [7, 11) is 0. The molecule has 2 heterocycles. The molecule has 6 nitrogen and oxygen atoms in total. The minimum absolute atomic E-state index is 0.0303. The van der Waals surface area contributed by atoms with Crippen LogP contribution in [0, 0.1) is 6.92 Å². The zero-order valence-corrected chi connectivity index (χ0v) is 13.8. The van der Waals surface area contributed by atoms with Crippen LogP contribution in [0.5, 0.6) is 0 Å². The molecule has 128 valence electrons. The Labute approximate surface area is 141 Å². The first-order valence-corrected chi connectivity index (χ1v) is 8.18. The molecule has 3 rings (SSSR count). The summed E-state index contributed by atoms with van der Waals surface area (Å²) in [6.07, 6.45) is 3.76. The third-order valence-electron chi connectivity index (χ3n) is 3.88. The molecule has 1 saturated heterocycles. The highest BCUT2D eigenvalue weighted by atomic mass is 16.5. The van der Waals surface area contributed by atoms with Gasteiger partial charge in [-0.05, 0) is 31.9 Å². The van der Waals surface area contributed by atoms with Crippen LogP contribution in [0.2, 0.25) is 0 Å². The number of amides is 1. The second-order valence-electron chi connectivity index (χ2n) is 5.94. The number of nitrogens with one attached hydrogen (secondary N) is 1. The van der Waals surface area contributed by atoms with E-state index < -0.39 is 0 Å². The van der Waals surface area contributed by atoms with E-state index in [1.54, 1.807) is 6.26 Å². The summed E-state index contributed by atoms with van der Waals surface area (Å²) in [4.78, 5) is 16.2. The number of ether oxygens (including phenoxy) is 2. The van der Waals surface area contributed by atoms with Crippen molar-refractivity contribution in [1.82, 2.24) is 10.3 Å². The molecule has 0 aliphatic carbocycles. The third kappa shape index (κ3) is 4.66. The first-order chi connectivity index (χ1) is 11.7. The highest BCUT2D eigenvalue weighted by molar-refractivity contribution is 5.77. The lowest BCUT2D eigenvalue weighted by atomic mass is 10.1. The van der Waals surface area contributed by atoms with Crippen molar-refractivity contribution in [3.63, 3.8) is 0 Å². The van der Waals surface area contributed by atoms with Crippen LogP contribution in [0.1, 0.15) is 24.1 Å². The van der Waals surface area contributed by atoms with Crippen molar-refractivity contribution in [3.05, 3.63) is 41.8 Å². The number of benzene rings is 1. The SMILES string of the molecule is Cc1ccc(-c2nc(CNC(=O)COC[C@H]3CCCO3)co2)cc1. The summed E-state index contributed by atoms with van der Waals surface area (Å²) in [6, 6.07) is 7.93. The average Bonchev–Trinajstić information content (AvgIpc) is 3.25. The summed E-state index contributed by atoms with van der Waals surface area (Å²) in [5.74, 6) is 0.377. The smallest absolute Gasteiger partial charge is 0.246 e. The van der Waals surface area contributed by atoms with Gasteiger partial charge in [0.15, 0.2) is 0 Å². The summed E-state index contributed by atoms with van der Waals surface area (Å²) >= 11 is 0. The average molecular weight is 330 g/mol. The Kier molecular flexibility index (Phi) is 5.61. The molecular weight excluding hydrogens is 308 g/mol. The molecule has 0 bridgehead atoms. The molecule has 0 spiro atoms. The second-order valence-corrected chi connectivity index (χ2v) is 5.94. The predicted molar refractivity (Wildman–Crippen MR) is 88.3 cm³/mol. The number of rotatable bonds is 7. The molecule has 1 N–H and O–H groups in total. The Morgan fingerprint density at radius 1 is 1.38 bits per heavy atom. The van der Waals surface area contributed by atoms with Crippen molar-refractivity contribution >= 4 is 5.91 Å². The van der Waals surface area contributed by atoms with Gasteiger partial charge in [-0.1, -0.05) is 17.7 Å². The quantitative estimate of drug-likeness (QED) is 0.844. The van der Waals surface area contributed by atoms with Crippen molar-refractivity contribution in [2.24, 2.45) is 0 Å². The molecular formula is C18H22N2O4. The molecule has 1 amide bonds. The van der Waals surface area contributed by atoms with E-state index in [0.29, 0.717) is 24.7 Å². The molecule has 0 saturated carbocycles. The fraction of sp³-hybridized carbons (Fsp3) is 0.444. The molecule has 0 radical (unpaired) electrons. The maximum Gasteiger partial charge on any atom is 0.246 e. The lowest BCUT2D eigenvalue weighted by molar-refractivity contribution is -0.127. The molecule has 1 fully saturated rings. The normalized spacial score (nSPS) is 17.1. The molecule has 24 heavy (non-hydrogen) atoms. The Morgan fingerprint density at radius 3 is 2.96 bits per heavy atom.